The van der Waals surface area contributed by atoms with E-state index in [2.05, 4.69) is 15.3 Å². The Labute approximate surface area is 144 Å². The minimum atomic E-state index is -0.404. The number of carbonyl (C=O) groups is 1. The quantitative estimate of drug-likeness (QED) is 0.365. The molecule has 23 heavy (non-hydrogen) atoms. The first-order valence-corrected chi connectivity index (χ1v) is 8.51. The van der Waals surface area contributed by atoms with Gasteiger partial charge in [0, 0.05) is 28.5 Å². The molecule has 0 unspecified atom stereocenters. The summed E-state index contributed by atoms with van der Waals surface area (Å²) in [4.78, 5) is 20.1. The predicted molar refractivity (Wildman–Crippen MR) is 94.2 cm³/mol. The summed E-state index contributed by atoms with van der Waals surface area (Å²) in [5.41, 5.74) is 1.52. The van der Waals surface area contributed by atoms with Gasteiger partial charge < -0.3 is 10.1 Å². The number of carbonyl (C=O) groups excluding carboxylic acids is 1. The summed E-state index contributed by atoms with van der Waals surface area (Å²) < 4.78 is 4.87. The molecular weight excluding hydrogens is 334 g/mol. The number of nitrogens with one attached hydrogen (secondary N) is 1. The highest BCUT2D eigenvalue weighted by molar-refractivity contribution is 7.98. The maximum absolute atomic E-state index is 11.5. The van der Waals surface area contributed by atoms with E-state index < -0.39 is 5.97 Å². The average molecular weight is 350 g/mol. The maximum Gasteiger partial charge on any atom is 0.330 e. The molecular formula is C16H16ClN3O2S. The summed E-state index contributed by atoms with van der Waals surface area (Å²) in [6, 6.07) is 7.27. The molecule has 0 atom stereocenters. The Morgan fingerprint density at radius 1 is 1.39 bits per heavy atom. The van der Waals surface area contributed by atoms with E-state index >= 15 is 0 Å². The van der Waals surface area contributed by atoms with Crippen molar-refractivity contribution in [2.24, 2.45) is 0 Å². The van der Waals surface area contributed by atoms with Crippen molar-refractivity contribution in [1.82, 2.24) is 9.97 Å². The van der Waals surface area contributed by atoms with Gasteiger partial charge in [-0.2, -0.15) is 0 Å². The van der Waals surface area contributed by atoms with Gasteiger partial charge in [0.2, 0.25) is 0 Å². The molecule has 0 spiro atoms. The van der Waals surface area contributed by atoms with Crippen LogP contribution in [0.5, 0.6) is 0 Å². The van der Waals surface area contributed by atoms with Crippen molar-refractivity contribution in [3.8, 4) is 0 Å². The Kier molecular flexibility index (Phi) is 6.43. The molecule has 2 aromatic rings. The smallest absolute Gasteiger partial charge is 0.330 e. The highest BCUT2D eigenvalue weighted by atomic mass is 35.5. The normalized spacial score (nSPS) is 10.7. The Morgan fingerprint density at radius 2 is 2.13 bits per heavy atom. The third-order valence-electron chi connectivity index (χ3n) is 2.77. The van der Waals surface area contributed by atoms with Crippen molar-refractivity contribution in [2.75, 3.05) is 18.2 Å². The number of aromatic nitrogens is 2. The van der Waals surface area contributed by atoms with Gasteiger partial charge in [-0.05, 0) is 43.5 Å². The second-order valence-corrected chi connectivity index (χ2v) is 5.59. The number of anilines is 2. The van der Waals surface area contributed by atoms with Gasteiger partial charge >= 0.3 is 5.97 Å². The van der Waals surface area contributed by atoms with Crippen LogP contribution in [-0.2, 0) is 9.53 Å². The van der Waals surface area contributed by atoms with Gasteiger partial charge in [-0.25, -0.2) is 14.8 Å². The zero-order valence-electron chi connectivity index (χ0n) is 12.7. The number of rotatable bonds is 6. The lowest BCUT2D eigenvalue weighted by atomic mass is 10.2. The monoisotopic (exact) mass is 349 g/mol. The van der Waals surface area contributed by atoms with E-state index in [-0.39, 0.29) is 0 Å². The SMILES string of the molecule is CCOC(=O)C=Cc1cnc(SC)nc1Nc1ccc(Cl)cc1. The Morgan fingerprint density at radius 3 is 2.78 bits per heavy atom. The van der Waals surface area contributed by atoms with Gasteiger partial charge in [-0.3, -0.25) is 0 Å². The lowest BCUT2D eigenvalue weighted by molar-refractivity contribution is -0.137. The highest BCUT2D eigenvalue weighted by Crippen LogP contribution is 2.23. The molecule has 1 aromatic carbocycles. The summed E-state index contributed by atoms with van der Waals surface area (Å²) in [5.74, 6) is 0.200. The fourth-order valence-electron chi connectivity index (χ4n) is 1.71. The number of nitrogens with zero attached hydrogens (tertiary/aromatic N) is 2. The molecule has 1 N–H and O–H groups in total. The van der Waals surface area contributed by atoms with Crippen molar-refractivity contribution in [3.05, 3.63) is 47.1 Å². The molecule has 0 aliphatic heterocycles. The van der Waals surface area contributed by atoms with E-state index in [0.29, 0.717) is 28.2 Å². The first-order chi connectivity index (χ1) is 11.1. The van der Waals surface area contributed by atoms with E-state index in [4.69, 9.17) is 16.3 Å². The van der Waals surface area contributed by atoms with E-state index in [1.165, 1.54) is 17.8 Å². The van der Waals surface area contributed by atoms with Crippen LogP contribution in [0.1, 0.15) is 12.5 Å². The summed E-state index contributed by atoms with van der Waals surface area (Å²) in [7, 11) is 0. The van der Waals surface area contributed by atoms with Crippen LogP contribution >= 0.6 is 23.4 Å². The summed E-state index contributed by atoms with van der Waals surface area (Å²) in [5, 5.41) is 4.50. The number of esters is 1. The fourth-order valence-corrected chi connectivity index (χ4v) is 2.18. The Balaban J connectivity index is 2.27. The predicted octanol–water partition coefficient (Wildman–Crippen LogP) is 4.17. The van der Waals surface area contributed by atoms with Gasteiger partial charge in [-0.1, -0.05) is 23.4 Å². The molecule has 0 fully saturated rings. The molecule has 0 saturated carbocycles. The van der Waals surface area contributed by atoms with Gasteiger partial charge in [-0.15, -0.1) is 0 Å². The molecule has 1 aromatic heterocycles. The number of thioether (sulfide) groups is 1. The minimum absolute atomic E-state index is 0.334. The van der Waals surface area contributed by atoms with E-state index in [9.17, 15) is 4.79 Å². The fraction of sp³-hybridized carbons (Fsp3) is 0.188. The third-order valence-corrected chi connectivity index (χ3v) is 3.58. The number of ether oxygens (including phenoxy) is 1. The van der Waals surface area contributed by atoms with Crippen molar-refractivity contribution < 1.29 is 9.53 Å². The summed E-state index contributed by atoms with van der Waals surface area (Å²) in [6.45, 7) is 2.09. The van der Waals surface area contributed by atoms with Crippen LogP contribution in [-0.4, -0.2) is 28.8 Å². The van der Waals surface area contributed by atoms with Gasteiger partial charge in [0.25, 0.3) is 0 Å². The van der Waals surface area contributed by atoms with Gasteiger partial charge in [0.15, 0.2) is 5.16 Å². The Bertz CT molecular complexity index is 705. The van der Waals surface area contributed by atoms with Gasteiger partial charge in [0.05, 0.1) is 6.61 Å². The van der Waals surface area contributed by atoms with Crippen LogP contribution in [0.3, 0.4) is 0 Å². The minimum Gasteiger partial charge on any atom is -0.463 e. The molecule has 120 valence electrons. The molecule has 0 aliphatic rings. The maximum atomic E-state index is 11.5. The van der Waals surface area contributed by atoms with Crippen molar-refractivity contribution in [2.45, 2.75) is 12.1 Å². The molecule has 1 heterocycles. The summed E-state index contributed by atoms with van der Waals surface area (Å²) in [6.07, 6.45) is 6.54. The standard InChI is InChI=1S/C16H16ClN3O2S/c1-3-22-14(21)9-4-11-10-18-16(23-2)20-15(11)19-13-7-5-12(17)6-8-13/h4-10H,3H2,1-2H3,(H,18,19,20). The highest BCUT2D eigenvalue weighted by Gasteiger charge is 2.06. The number of hydrogen-bond acceptors (Lipinski definition) is 6. The molecule has 0 amide bonds. The lowest BCUT2D eigenvalue weighted by Crippen LogP contribution is -2.01. The van der Waals surface area contributed by atoms with Crippen LogP contribution in [0, 0.1) is 0 Å². The zero-order valence-corrected chi connectivity index (χ0v) is 14.3. The molecule has 7 heteroatoms. The van der Waals surface area contributed by atoms with Crippen LogP contribution in [0.15, 0.2) is 41.7 Å². The second-order valence-electron chi connectivity index (χ2n) is 4.38. The van der Waals surface area contributed by atoms with E-state index in [1.54, 1.807) is 31.3 Å². The second kappa shape index (κ2) is 8.55. The van der Waals surface area contributed by atoms with E-state index in [0.717, 1.165) is 5.69 Å². The van der Waals surface area contributed by atoms with Crippen molar-refractivity contribution >= 4 is 46.9 Å². The molecule has 0 radical (unpaired) electrons. The lowest BCUT2D eigenvalue weighted by Gasteiger charge is -2.09. The average Bonchev–Trinajstić information content (AvgIpc) is 2.56. The Hall–Kier alpha value is -2.05. The van der Waals surface area contributed by atoms with Crippen molar-refractivity contribution in [3.63, 3.8) is 0 Å². The number of benzene rings is 1. The topological polar surface area (TPSA) is 64.1 Å². The van der Waals surface area contributed by atoms with Crippen LogP contribution in [0.4, 0.5) is 11.5 Å². The van der Waals surface area contributed by atoms with Crippen LogP contribution < -0.4 is 5.32 Å². The molecule has 5 nitrogen and oxygen atoms in total. The van der Waals surface area contributed by atoms with Crippen LogP contribution in [0.25, 0.3) is 6.08 Å². The first-order valence-electron chi connectivity index (χ1n) is 6.91. The van der Waals surface area contributed by atoms with Crippen molar-refractivity contribution in [1.29, 1.82) is 0 Å². The molecule has 2 rings (SSSR count). The first kappa shape index (κ1) is 17.3. The van der Waals surface area contributed by atoms with E-state index in [1.807, 2.05) is 18.4 Å². The van der Waals surface area contributed by atoms with Crippen LogP contribution in [0.2, 0.25) is 5.02 Å². The molecule has 0 aliphatic carbocycles. The number of hydrogen-bond donors (Lipinski definition) is 1. The molecule has 0 saturated heterocycles. The number of halogens is 1. The summed E-state index contributed by atoms with van der Waals surface area (Å²) >= 11 is 7.33. The van der Waals surface area contributed by atoms with Gasteiger partial charge in [0.1, 0.15) is 5.82 Å². The largest absolute Gasteiger partial charge is 0.463 e. The third kappa shape index (κ3) is 5.26. The zero-order chi connectivity index (χ0) is 16.7. The molecule has 0 bridgehead atoms.